The lowest BCUT2D eigenvalue weighted by Crippen LogP contribution is -2.30. The molecule has 7 heteroatoms. The molecule has 0 saturated carbocycles. The Hall–Kier alpha value is -3.06. The van der Waals surface area contributed by atoms with Gasteiger partial charge in [-0.15, -0.1) is 0 Å². The van der Waals surface area contributed by atoms with Gasteiger partial charge in [0.25, 0.3) is 0 Å². The van der Waals surface area contributed by atoms with Gasteiger partial charge in [-0.1, -0.05) is 36.4 Å². The third kappa shape index (κ3) is 6.28. The van der Waals surface area contributed by atoms with Crippen molar-refractivity contribution in [3.63, 3.8) is 0 Å². The maximum absolute atomic E-state index is 12.0. The highest BCUT2D eigenvalue weighted by Gasteiger charge is 2.23. The van der Waals surface area contributed by atoms with E-state index in [0.29, 0.717) is 11.5 Å². The fourth-order valence-electron chi connectivity index (χ4n) is 2.51. The lowest BCUT2D eigenvalue weighted by molar-refractivity contribution is -0.162. The number of hydrogen-bond acceptors (Lipinski definition) is 7. The summed E-state index contributed by atoms with van der Waals surface area (Å²) >= 11 is 0. The third-order valence-electron chi connectivity index (χ3n) is 3.98. The van der Waals surface area contributed by atoms with Crippen LogP contribution in [0.1, 0.15) is 11.1 Å². The Morgan fingerprint density at radius 2 is 1.61 bits per heavy atom. The largest absolute Gasteiger partial charge is 0.493 e. The van der Waals surface area contributed by atoms with Crippen LogP contribution < -0.4 is 9.47 Å². The van der Waals surface area contributed by atoms with Crippen molar-refractivity contribution in [2.24, 2.45) is 0 Å². The molecule has 1 unspecified atom stereocenters. The summed E-state index contributed by atoms with van der Waals surface area (Å²) < 4.78 is 25.8. The predicted molar refractivity (Wildman–Crippen MR) is 101 cm³/mol. The summed E-state index contributed by atoms with van der Waals surface area (Å²) in [6, 6.07) is 14.6. The highest BCUT2D eigenvalue weighted by molar-refractivity contribution is 5.76. The molecule has 0 aliphatic rings. The summed E-state index contributed by atoms with van der Waals surface area (Å²) in [6.45, 7) is -0.221. The van der Waals surface area contributed by atoms with E-state index >= 15 is 0 Å². The van der Waals surface area contributed by atoms with Crippen LogP contribution in [0.2, 0.25) is 0 Å². The van der Waals surface area contributed by atoms with Crippen molar-refractivity contribution in [3.05, 3.63) is 59.7 Å². The zero-order valence-electron chi connectivity index (χ0n) is 16.2. The summed E-state index contributed by atoms with van der Waals surface area (Å²) in [5.74, 6) is -0.0344. The first-order valence-electron chi connectivity index (χ1n) is 8.67. The zero-order chi connectivity index (χ0) is 20.4. The summed E-state index contributed by atoms with van der Waals surface area (Å²) in [4.78, 5) is 24.0. The Kier molecular flexibility index (Phi) is 8.30. The van der Waals surface area contributed by atoms with Crippen LogP contribution in [0.5, 0.6) is 11.5 Å². The van der Waals surface area contributed by atoms with Crippen LogP contribution in [0.15, 0.2) is 48.5 Å². The van der Waals surface area contributed by atoms with Gasteiger partial charge in [0.2, 0.25) is 0 Å². The molecular weight excluding hydrogens is 364 g/mol. The second-order valence-electron chi connectivity index (χ2n) is 5.86. The molecule has 0 N–H and O–H groups in total. The Bertz CT molecular complexity index is 774. The van der Waals surface area contributed by atoms with Crippen molar-refractivity contribution in [2.45, 2.75) is 19.1 Å². The molecule has 7 nitrogen and oxygen atoms in total. The standard InChI is InChI=1S/C21H24O7/c1-24-17-10-9-16(11-18(17)25-2)12-19(21(23)26-3)27-14-20(22)28-13-15-7-5-4-6-8-15/h4-11,19H,12-14H2,1-3H3. The molecule has 150 valence electrons. The Labute approximate surface area is 164 Å². The van der Waals surface area contributed by atoms with Crippen LogP contribution in [0.4, 0.5) is 0 Å². The quantitative estimate of drug-likeness (QED) is 0.579. The number of esters is 2. The smallest absolute Gasteiger partial charge is 0.335 e. The molecule has 0 saturated heterocycles. The molecule has 0 aromatic heterocycles. The average molecular weight is 388 g/mol. The highest BCUT2D eigenvalue weighted by Crippen LogP contribution is 2.28. The minimum Gasteiger partial charge on any atom is -0.493 e. The van der Waals surface area contributed by atoms with E-state index in [4.69, 9.17) is 23.7 Å². The molecule has 0 radical (unpaired) electrons. The van der Waals surface area contributed by atoms with Gasteiger partial charge in [0.05, 0.1) is 21.3 Å². The fourth-order valence-corrected chi connectivity index (χ4v) is 2.51. The van der Waals surface area contributed by atoms with Crippen molar-refractivity contribution in [1.29, 1.82) is 0 Å². The lowest BCUT2D eigenvalue weighted by atomic mass is 10.1. The second kappa shape index (κ2) is 10.9. The number of methoxy groups -OCH3 is 3. The monoisotopic (exact) mass is 388 g/mol. The molecule has 2 rings (SSSR count). The third-order valence-corrected chi connectivity index (χ3v) is 3.98. The van der Waals surface area contributed by atoms with Crippen LogP contribution in [-0.4, -0.2) is 46.0 Å². The van der Waals surface area contributed by atoms with E-state index in [1.54, 1.807) is 25.3 Å². The van der Waals surface area contributed by atoms with Crippen LogP contribution in [-0.2, 0) is 36.8 Å². The van der Waals surface area contributed by atoms with Crippen LogP contribution in [0, 0.1) is 0 Å². The number of ether oxygens (including phenoxy) is 5. The van der Waals surface area contributed by atoms with Crippen molar-refractivity contribution < 1.29 is 33.3 Å². The highest BCUT2D eigenvalue weighted by atomic mass is 16.6. The van der Waals surface area contributed by atoms with Crippen molar-refractivity contribution in [2.75, 3.05) is 27.9 Å². The van der Waals surface area contributed by atoms with Crippen LogP contribution in [0.25, 0.3) is 0 Å². The summed E-state index contributed by atoms with van der Waals surface area (Å²) in [7, 11) is 4.33. The fraction of sp³-hybridized carbons (Fsp3) is 0.333. The van der Waals surface area contributed by atoms with Gasteiger partial charge in [-0.3, -0.25) is 0 Å². The van der Waals surface area contributed by atoms with Gasteiger partial charge in [-0.05, 0) is 23.3 Å². The molecule has 0 fully saturated rings. The minimum absolute atomic E-state index is 0.140. The van der Waals surface area contributed by atoms with Gasteiger partial charge in [0, 0.05) is 6.42 Å². The maximum Gasteiger partial charge on any atom is 0.335 e. The van der Waals surface area contributed by atoms with E-state index in [0.717, 1.165) is 11.1 Å². The second-order valence-corrected chi connectivity index (χ2v) is 5.86. The lowest BCUT2D eigenvalue weighted by Gasteiger charge is -2.16. The normalized spacial score (nSPS) is 11.4. The molecule has 2 aromatic carbocycles. The molecule has 0 aliphatic heterocycles. The molecule has 1 atom stereocenters. The molecule has 0 aliphatic carbocycles. The van der Waals surface area contributed by atoms with Gasteiger partial charge in [0.15, 0.2) is 17.6 Å². The van der Waals surface area contributed by atoms with E-state index in [1.807, 2.05) is 30.3 Å². The summed E-state index contributed by atoms with van der Waals surface area (Å²) in [5.41, 5.74) is 1.64. The molecule has 28 heavy (non-hydrogen) atoms. The van der Waals surface area contributed by atoms with E-state index in [-0.39, 0.29) is 19.6 Å². The van der Waals surface area contributed by atoms with Crippen LogP contribution >= 0.6 is 0 Å². The number of hydrogen-bond donors (Lipinski definition) is 0. The molecule has 0 bridgehead atoms. The van der Waals surface area contributed by atoms with Gasteiger partial charge in [-0.2, -0.15) is 0 Å². The first kappa shape index (κ1) is 21.2. The Morgan fingerprint density at radius 3 is 2.25 bits per heavy atom. The van der Waals surface area contributed by atoms with Gasteiger partial charge >= 0.3 is 11.9 Å². The molecule has 0 amide bonds. The number of benzene rings is 2. The average Bonchev–Trinajstić information content (AvgIpc) is 2.75. The minimum atomic E-state index is -0.952. The molecular formula is C21H24O7. The predicted octanol–water partition coefficient (Wildman–Crippen LogP) is 2.55. The van der Waals surface area contributed by atoms with Crippen molar-refractivity contribution >= 4 is 11.9 Å². The number of carbonyl (C=O) groups is 2. The Balaban J connectivity index is 1.94. The van der Waals surface area contributed by atoms with Gasteiger partial charge in [-0.25, -0.2) is 9.59 Å². The van der Waals surface area contributed by atoms with E-state index in [9.17, 15) is 9.59 Å². The van der Waals surface area contributed by atoms with Crippen molar-refractivity contribution in [1.82, 2.24) is 0 Å². The van der Waals surface area contributed by atoms with Gasteiger partial charge in [0.1, 0.15) is 13.2 Å². The molecule has 0 spiro atoms. The topological polar surface area (TPSA) is 80.3 Å². The summed E-state index contributed by atoms with van der Waals surface area (Å²) in [6.07, 6.45) is -0.744. The number of carbonyl (C=O) groups excluding carboxylic acids is 2. The zero-order valence-corrected chi connectivity index (χ0v) is 16.2. The Morgan fingerprint density at radius 1 is 0.893 bits per heavy atom. The van der Waals surface area contributed by atoms with E-state index in [1.165, 1.54) is 14.2 Å². The first-order chi connectivity index (χ1) is 13.6. The van der Waals surface area contributed by atoms with Crippen molar-refractivity contribution in [3.8, 4) is 11.5 Å². The van der Waals surface area contributed by atoms with Gasteiger partial charge < -0.3 is 23.7 Å². The SMILES string of the molecule is COC(=O)C(Cc1ccc(OC)c(OC)c1)OCC(=O)OCc1ccccc1. The molecule has 0 heterocycles. The van der Waals surface area contributed by atoms with E-state index in [2.05, 4.69) is 0 Å². The summed E-state index contributed by atoms with van der Waals surface area (Å²) in [5, 5.41) is 0. The molecule has 2 aromatic rings. The first-order valence-corrected chi connectivity index (χ1v) is 8.67. The van der Waals surface area contributed by atoms with Crippen LogP contribution in [0.3, 0.4) is 0 Å². The maximum atomic E-state index is 12.0. The van der Waals surface area contributed by atoms with E-state index < -0.39 is 18.0 Å². The number of rotatable bonds is 10.